The lowest BCUT2D eigenvalue weighted by atomic mass is 10.0. The van der Waals surface area contributed by atoms with Crippen molar-refractivity contribution in [2.24, 2.45) is 7.05 Å². The third kappa shape index (κ3) is 9.73. The molecule has 0 spiro atoms. The minimum Gasteiger partial charge on any atom is -0.484 e. The number of carbonyl (C=O) groups is 4. The molecule has 10 rings (SSSR count). The number of hydrogen-bond donors (Lipinski definition) is 4. The van der Waals surface area contributed by atoms with Crippen LogP contribution in [0.5, 0.6) is 5.75 Å². The van der Waals surface area contributed by atoms with E-state index in [0.29, 0.717) is 58.5 Å². The van der Waals surface area contributed by atoms with Crippen molar-refractivity contribution in [1.29, 1.82) is 0 Å². The molecule has 2 saturated heterocycles. The van der Waals surface area contributed by atoms with E-state index in [2.05, 4.69) is 30.8 Å². The van der Waals surface area contributed by atoms with E-state index in [1.807, 2.05) is 21.8 Å². The molecule has 74 heavy (non-hydrogen) atoms. The molecular formula is C49H49F3N14O7S. The molecule has 2 unspecified atom stereocenters. The highest BCUT2D eigenvalue weighted by Crippen LogP contribution is 2.41. The number of aromatic nitrogens is 8. The number of anilines is 3. The maximum absolute atomic E-state index is 13.7. The van der Waals surface area contributed by atoms with Crippen molar-refractivity contribution < 1.29 is 45.5 Å². The van der Waals surface area contributed by atoms with Crippen molar-refractivity contribution in [3.8, 4) is 28.1 Å². The van der Waals surface area contributed by atoms with Crippen LogP contribution in [0, 0.1) is 5.82 Å². The largest absolute Gasteiger partial charge is 0.484 e. The highest BCUT2D eigenvalue weighted by Gasteiger charge is 2.45. The van der Waals surface area contributed by atoms with Gasteiger partial charge in [-0.25, -0.2) is 17.8 Å². The zero-order valence-corrected chi connectivity index (χ0v) is 40.7. The Morgan fingerprint density at radius 3 is 2.46 bits per heavy atom. The molecule has 4 amide bonds. The summed E-state index contributed by atoms with van der Waals surface area (Å²) in [6.45, 7) is 5.07. The van der Waals surface area contributed by atoms with E-state index in [9.17, 15) is 40.8 Å². The van der Waals surface area contributed by atoms with Crippen molar-refractivity contribution in [1.82, 2.24) is 54.7 Å². The quantitative estimate of drug-likeness (QED) is 0.0843. The number of nitrogens with one attached hydrogen (secondary N) is 3. The van der Waals surface area contributed by atoms with Gasteiger partial charge in [0.1, 0.15) is 35.2 Å². The molecule has 0 radical (unpaired) electrons. The lowest BCUT2D eigenvalue weighted by Crippen LogP contribution is -2.54. The number of likely N-dealkylation sites (tertiary alicyclic amines) is 1. The standard InChI is InChI=1S/C49H49F3N14O7S/c1-27(28-6-9-31(50)10-7-28)73-39-22-29(8-11-36(39)60-74(71,72)49(51)52)43-42-44(62(2)59-43)35(24-55-45(42)53)30-23-56-65(25-30)33-15-18-63(19-16-33)20-21-64-26-32(58-61-64)14-17-54-37-5-3-4-34-41(37)48(70)66(47(34)69)38-12-13-40(67)57-46(38)68/h3-11,22-27,33,38,49,54,60H,12-21H2,1-2H3,(H2,53,55)(H,57,67,68). The number of imide groups is 2. The molecule has 25 heteroatoms. The number of fused-ring (bicyclic) bond motifs is 2. The van der Waals surface area contributed by atoms with Crippen LogP contribution in [0.2, 0.25) is 0 Å². The lowest BCUT2D eigenvalue weighted by molar-refractivity contribution is -0.136. The number of amides is 4. The average molecular weight is 1040 g/mol. The number of ether oxygens (including phenoxy) is 1. The maximum Gasteiger partial charge on any atom is 0.355 e. The molecule has 2 fully saturated rings. The van der Waals surface area contributed by atoms with Gasteiger partial charge in [0.15, 0.2) is 0 Å². The first-order valence-electron chi connectivity index (χ1n) is 23.7. The number of carbonyl (C=O) groups excluding carboxylic acids is 4. The molecule has 3 aliphatic heterocycles. The molecule has 0 saturated carbocycles. The summed E-state index contributed by atoms with van der Waals surface area (Å²) < 4.78 is 78.7. The smallest absolute Gasteiger partial charge is 0.355 e. The van der Waals surface area contributed by atoms with E-state index >= 15 is 0 Å². The average Bonchev–Trinajstić information content (AvgIpc) is 4.19. The van der Waals surface area contributed by atoms with Crippen LogP contribution in [0.3, 0.4) is 0 Å². The van der Waals surface area contributed by atoms with Crippen molar-refractivity contribution >= 4 is 61.7 Å². The zero-order chi connectivity index (χ0) is 52.0. The van der Waals surface area contributed by atoms with E-state index in [0.717, 1.165) is 48.6 Å². The van der Waals surface area contributed by atoms with Crippen molar-refractivity contribution in [3.63, 3.8) is 0 Å². The van der Waals surface area contributed by atoms with Crippen LogP contribution in [0.25, 0.3) is 33.3 Å². The predicted octanol–water partition coefficient (Wildman–Crippen LogP) is 5.31. The first kappa shape index (κ1) is 49.4. The maximum atomic E-state index is 13.7. The molecule has 3 aromatic carbocycles. The number of halogens is 3. The molecule has 21 nitrogen and oxygen atoms in total. The molecule has 7 aromatic rings. The van der Waals surface area contributed by atoms with Crippen LogP contribution in [-0.4, -0.2) is 119 Å². The Kier molecular flexibility index (Phi) is 13.4. The molecule has 3 aliphatic rings. The fourth-order valence-electron chi connectivity index (χ4n) is 9.67. The van der Waals surface area contributed by atoms with Gasteiger partial charge in [0.05, 0.1) is 52.2 Å². The van der Waals surface area contributed by atoms with Gasteiger partial charge >= 0.3 is 5.76 Å². The number of hydrogen-bond acceptors (Lipinski definition) is 15. The first-order valence-corrected chi connectivity index (χ1v) is 25.3. The third-order valence-corrected chi connectivity index (χ3v) is 14.5. The van der Waals surface area contributed by atoms with Gasteiger partial charge in [-0.3, -0.25) is 48.2 Å². The zero-order valence-electron chi connectivity index (χ0n) is 39.9. The summed E-state index contributed by atoms with van der Waals surface area (Å²) in [7, 11) is -3.32. The number of aryl methyl sites for hydroxylation is 1. The van der Waals surface area contributed by atoms with Crippen LogP contribution in [-0.2, 0) is 39.6 Å². The summed E-state index contributed by atoms with van der Waals surface area (Å²) in [5, 5.41) is 24.2. The second-order valence-corrected chi connectivity index (χ2v) is 19.9. The Hall–Kier alpha value is -8.19. The fourth-order valence-corrected chi connectivity index (χ4v) is 10.2. The molecular weight excluding hydrogens is 986 g/mol. The summed E-state index contributed by atoms with van der Waals surface area (Å²) in [4.78, 5) is 58.7. The number of nitrogen functional groups attached to an aromatic ring is 1. The van der Waals surface area contributed by atoms with E-state index in [4.69, 9.17) is 20.7 Å². The molecule has 384 valence electrons. The van der Waals surface area contributed by atoms with Gasteiger partial charge in [-0.05, 0) is 68.1 Å². The molecule has 2 atom stereocenters. The van der Waals surface area contributed by atoms with Crippen LogP contribution >= 0.6 is 0 Å². The van der Waals surface area contributed by atoms with Gasteiger partial charge in [-0.1, -0.05) is 29.5 Å². The molecule has 0 aliphatic carbocycles. The number of benzene rings is 3. The van der Waals surface area contributed by atoms with Crippen LogP contribution < -0.4 is 25.8 Å². The number of alkyl halides is 2. The minimum atomic E-state index is -5.07. The number of nitrogens with zero attached hydrogens (tertiary/aromatic N) is 10. The second-order valence-electron chi connectivity index (χ2n) is 18.3. The van der Waals surface area contributed by atoms with Gasteiger partial charge < -0.3 is 20.7 Å². The molecule has 4 aromatic heterocycles. The van der Waals surface area contributed by atoms with Gasteiger partial charge in [0.25, 0.3) is 21.8 Å². The van der Waals surface area contributed by atoms with E-state index in [1.54, 1.807) is 53.9 Å². The molecule has 7 heterocycles. The van der Waals surface area contributed by atoms with E-state index in [-0.39, 0.29) is 47.3 Å². The second kappa shape index (κ2) is 20.0. The summed E-state index contributed by atoms with van der Waals surface area (Å²) in [5.74, 6) is -6.33. The summed E-state index contributed by atoms with van der Waals surface area (Å²) in [6, 6.07) is 13.8. The third-order valence-electron chi connectivity index (χ3n) is 13.5. The normalized spacial score (nSPS) is 17.1. The summed E-state index contributed by atoms with van der Waals surface area (Å²) >= 11 is 0. The van der Waals surface area contributed by atoms with Crippen molar-refractivity contribution in [2.75, 3.05) is 42.0 Å². The van der Waals surface area contributed by atoms with Gasteiger partial charge in [0, 0.05) is 87.0 Å². The van der Waals surface area contributed by atoms with E-state index < -0.39 is 57.4 Å². The van der Waals surface area contributed by atoms with Crippen LogP contribution in [0.1, 0.15) is 76.7 Å². The lowest BCUT2D eigenvalue weighted by Gasteiger charge is -2.31. The number of sulfonamides is 1. The number of pyridine rings is 1. The Morgan fingerprint density at radius 1 is 0.919 bits per heavy atom. The van der Waals surface area contributed by atoms with E-state index in [1.165, 1.54) is 42.5 Å². The highest BCUT2D eigenvalue weighted by atomic mass is 32.2. The van der Waals surface area contributed by atoms with Gasteiger partial charge in [-0.15, -0.1) is 5.10 Å². The molecule has 0 bridgehead atoms. The Morgan fingerprint density at radius 2 is 1.70 bits per heavy atom. The number of nitrogens with two attached hydrogens (primary N) is 1. The van der Waals surface area contributed by atoms with Crippen LogP contribution in [0.4, 0.5) is 30.4 Å². The SMILES string of the molecule is CC(Oc1cc(-c2nn(C)c3c(-c4cnn(C5CCN(CCn6cc(CCNc7cccc8c7C(=O)N(C7CCC(=O)NC7=O)C8=O)nn6)CC5)c4)cnc(N)c23)ccc1NS(=O)(=O)C(F)F)c1ccc(F)cc1. The Bertz CT molecular complexity index is 3450. The fraction of sp³-hybridized carbons (Fsp3) is 0.327. The van der Waals surface area contributed by atoms with Gasteiger partial charge in [0.2, 0.25) is 11.8 Å². The minimum absolute atomic E-state index is 0.0386. The summed E-state index contributed by atoms with van der Waals surface area (Å²) in [6.07, 6.45) is 8.81. The van der Waals surface area contributed by atoms with Gasteiger partial charge in [-0.2, -0.15) is 19.0 Å². The van der Waals surface area contributed by atoms with Crippen LogP contribution in [0.15, 0.2) is 85.5 Å². The predicted molar refractivity (Wildman–Crippen MR) is 264 cm³/mol. The number of piperidine rings is 2. The topological polar surface area (TPSA) is 259 Å². The molecule has 5 N–H and O–H groups in total. The monoisotopic (exact) mass is 1030 g/mol. The van der Waals surface area contributed by atoms with Crippen molar-refractivity contribution in [2.45, 2.75) is 69.5 Å². The number of rotatable bonds is 17. The Balaban J connectivity index is 0.760. The van der Waals surface area contributed by atoms with Crippen molar-refractivity contribution in [3.05, 3.63) is 114 Å². The first-order chi connectivity index (χ1) is 35.5. The highest BCUT2D eigenvalue weighted by molar-refractivity contribution is 7.93. The summed E-state index contributed by atoms with van der Waals surface area (Å²) in [5.41, 5.74) is 11.4. The Labute approximate surface area is 420 Å².